The van der Waals surface area contributed by atoms with Crippen molar-refractivity contribution in [2.24, 2.45) is 0 Å². The van der Waals surface area contributed by atoms with Gasteiger partial charge in [-0.2, -0.15) is 5.26 Å². The molecule has 0 radical (unpaired) electrons. The number of hydrogen-bond donors (Lipinski definition) is 0. The second kappa shape index (κ2) is 5.54. The molecule has 4 heteroatoms. The van der Waals surface area contributed by atoms with Crippen molar-refractivity contribution in [2.45, 2.75) is 0 Å². The second-order valence-corrected chi connectivity index (χ2v) is 3.18. The van der Waals surface area contributed by atoms with E-state index in [9.17, 15) is 0 Å². The molecule has 0 aliphatic heterocycles. The van der Waals surface area contributed by atoms with Gasteiger partial charge in [0.15, 0.2) is 0 Å². The molecule has 2 nitrogen and oxygen atoms in total. The largest absolute Gasteiger partial charge is 0.488 e. The summed E-state index contributed by atoms with van der Waals surface area (Å²) in [5.74, 6) is 0.653. The number of ether oxygens (including phenoxy) is 1. The molecule has 0 saturated carbocycles. The van der Waals surface area contributed by atoms with Gasteiger partial charge < -0.3 is 4.74 Å². The molecule has 14 heavy (non-hydrogen) atoms. The minimum Gasteiger partial charge on any atom is -0.488 e. The van der Waals surface area contributed by atoms with Crippen LogP contribution in [0.2, 0.25) is 0 Å². The number of rotatable bonds is 3. The molecule has 0 bridgehead atoms. The van der Waals surface area contributed by atoms with Gasteiger partial charge in [0.2, 0.25) is 0 Å². The Labute approximate surface area is 92.3 Å². The van der Waals surface area contributed by atoms with Crippen LogP contribution in [-0.4, -0.2) is 6.61 Å². The van der Waals surface area contributed by atoms with Gasteiger partial charge >= 0.3 is 0 Å². The second-order valence-electron chi connectivity index (χ2n) is 2.48. The molecular weight excluding hydrogens is 221 g/mol. The van der Waals surface area contributed by atoms with Crippen molar-refractivity contribution < 1.29 is 4.74 Å². The van der Waals surface area contributed by atoms with Gasteiger partial charge in [0.25, 0.3) is 0 Å². The van der Waals surface area contributed by atoms with Crippen LogP contribution < -0.4 is 4.74 Å². The Morgan fingerprint density at radius 3 is 2.57 bits per heavy atom. The maximum Gasteiger partial charge on any atom is 0.125 e. The van der Waals surface area contributed by atoms with Gasteiger partial charge in [0.05, 0.1) is 16.7 Å². The van der Waals surface area contributed by atoms with E-state index in [4.69, 9.17) is 33.2 Å². The molecule has 0 N–H and O–H groups in total. The predicted molar refractivity (Wildman–Crippen MR) is 56.4 cm³/mol. The SMILES string of the molecule is N#Cc1ccc(OCC(Cl)=CCl)cc1. The summed E-state index contributed by atoms with van der Waals surface area (Å²) in [5, 5.41) is 8.97. The van der Waals surface area contributed by atoms with Crippen LogP contribution in [0.4, 0.5) is 0 Å². The Hall–Kier alpha value is -1.17. The highest BCUT2D eigenvalue weighted by molar-refractivity contribution is 6.36. The highest BCUT2D eigenvalue weighted by atomic mass is 35.5. The topological polar surface area (TPSA) is 33.0 Å². The number of hydrogen-bond acceptors (Lipinski definition) is 2. The first kappa shape index (κ1) is 10.9. The zero-order valence-electron chi connectivity index (χ0n) is 7.21. The van der Waals surface area contributed by atoms with Crippen molar-refractivity contribution in [3.05, 3.63) is 40.4 Å². The normalized spacial score (nSPS) is 10.8. The van der Waals surface area contributed by atoms with Crippen molar-refractivity contribution in [1.29, 1.82) is 5.26 Å². The maximum atomic E-state index is 8.55. The van der Waals surface area contributed by atoms with E-state index in [0.717, 1.165) is 0 Å². The molecule has 0 spiro atoms. The lowest BCUT2D eigenvalue weighted by Gasteiger charge is -2.03. The van der Waals surface area contributed by atoms with Crippen LogP contribution in [0.1, 0.15) is 5.56 Å². The fourth-order valence-electron chi connectivity index (χ4n) is 0.809. The minimum absolute atomic E-state index is 0.233. The number of halogens is 2. The molecule has 0 aliphatic carbocycles. The summed E-state index contributed by atoms with van der Waals surface area (Å²) >= 11 is 11.0. The van der Waals surface area contributed by atoms with Crippen molar-refractivity contribution >= 4 is 23.2 Å². The standard InChI is InChI=1S/C10H7Cl2NO/c11-5-9(12)7-14-10-3-1-8(6-13)2-4-10/h1-5H,7H2. The average Bonchev–Trinajstić information content (AvgIpc) is 2.26. The summed E-state index contributed by atoms with van der Waals surface area (Å²) < 4.78 is 5.26. The molecule has 0 unspecified atom stereocenters. The minimum atomic E-state index is 0.233. The lowest BCUT2D eigenvalue weighted by Crippen LogP contribution is -1.96. The zero-order valence-corrected chi connectivity index (χ0v) is 8.72. The van der Waals surface area contributed by atoms with E-state index in [0.29, 0.717) is 16.3 Å². The van der Waals surface area contributed by atoms with Crippen molar-refractivity contribution in [2.75, 3.05) is 6.61 Å². The number of benzene rings is 1. The van der Waals surface area contributed by atoms with Crippen LogP contribution in [0.25, 0.3) is 0 Å². The van der Waals surface area contributed by atoms with Crippen LogP contribution in [0.3, 0.4) is 0 Å². The van der Waals surface area contributed by atoms with E-state index >= 15 is 0 Å². The maximum absolute atomic E-state index is 8.55. The molecule has 0 aliphatic rings. The van der Waals surface area contributed by atoms with E-state index in [1.807, 2.05) is 6.07 Å². The smallest absolute Gasteiger partial charge is 0.125 e. The van der Waals surface area contributed by atoms with Gasteiger partial charge in [-0.15, -0.1) is 0 Å². The zero-order chi connectivity index (χ0) is 10.4. The van der Waals surface area contributed by atoms with Crippen LogP contribution in [0, 0.1) is 11.3 Å². The number of nitrogens with zero attached hydrogens (tertiary/aromatic N) is 1. The lowest BCUT2D eigenvalue weighted by atomic mass is 10.2. The Kier molecular flexibility index (Phi) is 4.31. The summed E-state index contributed by atoms with van der Waals surface area (Å²) in [6.45, 7) is 0.233. The van der Waals surface area contributed by atoms with Gasteiger partial charge in [0.1, 0.15) is 12.4 Å². The van der Waals surface area contributed by atoms with Crippen molar-refractivity contribution in [1.82, 2.24) is 0 Å². The van der Waals surface area contributed by atoms with Crippen LogP contribution >= 0.6 is 23.2 Å². The molecular formula is C10H7Cl2NO. The first-order valence-corrected chi connectivity index (χ1v) is 4.65. The van der Waals surface area contributed by atoms with E-state index < -0.39 is 0 Å². The average molecular weight is 228 g/mol. The molecule has 0 heterocycles. The third-order valence-electron chi connectivity index (χ3n) is 1.48. The quantitative estimate of drug-likeness (QED) is 0.795. The summed E-state index contributed by atoms with van der Waals surface area (Å²) in [6.07, 6.45) is 0. The van der Waals surface area contributed by atoms with Crippen molar-refractivity contribution in [3.8, 4) is 11.8 Å². The molecule has 72 valence electrons. The van der Waals surface area contributed by atoms with Gasteiger partial charge in [0, 0.05) is 5.54 Å². The lowest BCUT2D eigenvalue weighted by molar-refractivity contribution is 0.359. The molecule has 1 aromatic carbocycles. The Balaban J connectivity index is 2.57. The highest BCUT2D eigenvalue weighted by Gasteiger charge is 1.96. The van der Waals surface area contributed by atoms with Gasteiger partial charge in [-0.3, -0.25) is 0 Å². The summed E-state index contributed by atoms with van der Waals surface area (Å²) in [6, 6.07) is 8.78. The third kappa shape index (κ3) is 3.29. The molecule has 1 rings (SSSR count). The fraction of sp³-hybridized carbons (Fsp3) is 0.100. The van der Waals surface area contributed by atoms with Crippen molar-refractivity contribution in [3.63, 3.8) is 0 Å². The molecule has 1 aromatic rings. The molecule has 0 fully saturated rings. The summed E-state index contributed by atoms with van der Waals surface area (Å²) in [7, 11) is 0. The van der Waals surface area contributed by atoms with Gasteiger partial charge in [-0.05, 0) is 24.3 Å². The molecule has 0 saturated heterocycles. The first-order valence-electron chi connectivity index (χ1n) is 3.84. The van der Waals surface area contributed by atoms with E-state index in [2.05, 4.69) is 0 Å². The highest BCUT2D eigenvalue weighted by Crippen LogP contribution is 2.13. The Morgan fingerprint density at radius 1 is 1.43 bits per heavy atom. The van der Waals surface area contributed by atoms with Crippen LogP contribution in [0.5, 0.6) is 5.75 Å². The van der Waals surface area contributed by atoms with E-state index in [1.165, 1.54) is 5.54 Å². The van der Waals surface area contributed by atoms with E-state index in [1.54, 1.807) is 24.3 Å². The predicted octanol–water partition coefficient (Wildman–Crippen LogP) is 3.26. The van der Waals surface area contributed by atoms with Crippen LogP contribution in [-0.2, 0) is 0 Å². The van der Waals surface area contributed by atoms with E-state index in [-0.39, 0.29) is 6.61 Å². The van der Waals surface area contributed by atoms with Crippen LogP contribution in [0.15, 0.2) is 34.8 Å². The summed E-state index contributed by atoms with van der Waals surface area (Å²) in [4.78, 5) is 0. The fourth-order valence-corrected chi connectivity index (χ4v) is 0.927. The third-order valence-corrected chi connectivity index (χ3v) is 2.07. The molecule has 0 amide bonds. The first-order chi connectivity index (χ1) is 6.76. The Morgan fingerprint density at radius 2 is 2.07 bits per heavy atom. The van der Waals surface area contributed by atoms with Gasteiger partial charge in [-0.25, -0.2) is 0 Å². The Bertz CT molecular complexity index is 365. The van der Waals surface area contributed by atoms with Gasteiger partial charge in [-0.1, -0.05) is 23.2 Å². The molecule has 0 atom stereocenters. The summed E-state index contributed by atoms with van der Waals surface area (Å²) in [5.41, 5.74) is 1.85. The number of nitriles is 1. The monoisotopic (exact) mass is 227 g/mol. The molecule has 0 aromatic heterocycles.